The molecule has 0 spiro atoms. The molecule has 2 aromatic carbocycles. The maximum atomic E-state index is 14.2. The predicted octanol–water partition coefficient (Wildman–Crippen LogP) is 2.76. The molecule has 4 aromatic rings. The van der Waals surface area contributed by atoms with E-state index in [9.17, 15) is 9.59 Å². The molecule has 0 aliphatic carbocycles. The zero-order valence-electron chi connectivity index (χ0n) is 23.6. The predicted molar refractivity (Wildman–Crippen MR) is 163 cm³/mol. The first-order valence-electron chi connectivity index (χ1n) is 13.6. The minimum Gasteiger partial charge on any atom is -0.381 e. The van der Waals surface area contributed by atoms with E-state index < -0.39 is 11.9 Å². The lowest BCUT2D eigenvalue weighted by atomic mass is 10.1. The number of aryl methyl sites for hydroxylation is 1. The van der Waals surface area contributed by atoms with E-state index >= 15 is 0 Å². The van der Waals surface area contributed by atoms with E-state index in [4.69, 9.17) is 15.5 Å². The van der Waals surface area contributed by atoms with Gasteiger partial charge in [0.25, 0.3) is 11.5 Å². The van der Waals surface area contributed by atoms with Gasteiger partial charge in [-0.15, -0.1) is 0 Å². The highest BCUT2D eigenvalue weighted by Gasteiger charge is 2.25. The summed E-state index contributed by atoms with van der Waals surface area (Å²) in [6.45, 7) is 9.00. The van der Waals surface area contributed by atoms with Crippen molar-refractivity contribution in [3.63, 3.8) is 0 Å². The Hall–Kier alpha value is -5.05. The standard InChI is InChI=1S/C31H32N8O3/c1-4-15-33-29-26(27(32)36-37(29)3)30(40)34-21(2)28-35-24-14-8-10-22(11-9-16-38-17-19-42-20-18-38)25(24)31(41)39(28)23-12-6-5-7-13-23/h4-8,10,12-15,21H,1,16-20H2,2-3H3,(H2,32,36)(H,34,40)/b33-15-. The van der Waals surface area contributed by atoms with Gasteiger partial charge in [-0.3, -0.25) is 19.1 Å². The largest absolute Gasteiger partial charge is 0.381 e. The first kappa shape index (κ1) is 28.5. The monoisotopic (exact) mass is 564 g/mol. The van der Waals surface area contributed by atoms with Gasteiger partial charge in [-0.1, -0.05) is 48.8 Å². The van der Waals surface area contributed by atoms with E-state index in [1.165, 1.54) is 21.5 Å². The number of nitrogens with two attached hydrogens (primary N) is 1. The lowest BCUT2D eigenvalue weighted by Gasteiger charge is -2.24. The van der Waals surface area contributed by atoms with Gasteiger partial charge in [-0.05, 0) is 31.2 Å². The van der Waals surface area contributed by atoms with Crippen molar-refractivity contribution in [2.24, 2.45) is 12.0 Å². The molecule has 0 radical (unpaired) electrons. The lowest BCUT2D eigenvalue weighted by molar-refractivity contribution is 0.0443. The van der Waals surface area contributed by atoms with Crippen LogP contribution in [0.4, 0.5) is 11.6 Å². The van der Waals surface area contributed by atoms with Crippen molar-refractivity contribution in [3.8, 4) is 17.5 Å². The van der Waals surface area contributed by atoms with Gasteiger partial charge in [0.2, 0.25) is 0 Å². The van der Waals surface area contributed by atoms with Crippen molar-refractivity contribution in [1.82, 2.24) is 29.5 Å². The third-order valence-corrected chi connectivity index (χ3v) is 6.88. The summed E-state index contributed by atoms with van der Waals surface area (Å²) in [5.74, 6) is 6.56. The molecule has 11 heteroatoms. The van der Waals surface area contributed by atoms with Crippen LogP contribution >= 0.6 is 0 Å². The number of nitrogens with zero attached hydrogens (tertiary/aromatic N) is 6. The third kappa shape index (κ3) is 5.85. The Morgan fingerprint density at radius 2 is 1.98 bits per heavy atom. The molecule has 214 valence electrons. The highest BCUT2D eigenvalue weighted by molar-refractivity contribution is 6.03. The van der Waals surface area contributed by atoms with Crippen LogP contribution in [0.25, 0.3) is 16.6 Å². The van der Waals surface area contributed by atoms with E-state index in [1.807, 2.05) is 42.5 Å². The molecular formula is C31H32N8O3. The van der Waals surface area contributed by atoms with Crippen LogP contribution in [-0.2, 0) is 11.8 Å². The first-order chi connectivity index (χ1) is 20.4. The molecule has 2 aromatic heterocycles. The van der Waals surface area contributed by atoms with Crippen molar-refractivity contribution in [3.05, 3.63) is 88.5 Å². The second kappa shape index (κ2) is 12.6. The second-order valence-electron chi connectivity index (χ2n) is 9.75. The molecule has 1 atom stereocenters. The number of hydrogen-bond donors (Lipinski definition) is 2. The van der Waals surface area contributed by atoms with Crippen LogP contribution in [-0.4, -0.2) is 69.2 Å². The maximum absolute atomic E-state index is 14.2. The van der Waals surface area contributed by atoms with Gasteiger partial charge in [-0.2, -0.15) is 5.10 Å². The summed E-state index contributed by atoms with van der Waals surface area (Å²) in [5, 5.41) is 7.49. The molecule has 0 saturated carbocycles. The summed E-state index contributed by atoms with van der Waals surface area (Å²) >= 11 is 0. The van der Waals surface area contributed by atoms with Gasteiger partial charge >= 0.3 is 0 Å². The van der Waals surface area contributed by atoms with Crippen LogP contribution in [0.1, 0.15) is 34.7 Å². The van der Waals surface area contributed by atoms with Gasteiger partial charge in [0, 0.05) is 31.9 Å². The molecule has 11 nitrogen and oxygen atoms in total. The first-order valence-corrected chi connectivity index (χ1v) is 13.6. The molecule has 0 bridgehead atoms. The highest BCUT2D eigenvalue weighted by atomic mass is 16.5. The number of fused-ring (bicyclic) bond motifs is 1. The average Bonchev–Trinajstić information content (AvgIpc) is 3.28. The molecule has 3 N–H and O–H groups in total. The van der Waals surface area contributed by atoms with E-state index in [0.717, 1.165) is 13.1 Å². The minimum atomic E-state index is -0.693. The SMILES string of the molecule is C=C/C=N\c1c(C(=O)NC(C)c2nc3cccc(C#CCN4CCOCC4)c3c(=O)n2-c2ccccc2)c(N)nn1C. The van der Waals surface area contributed by atoms with Crippen molar-refractivity contribution in [2.75, 3.05) is 38.6 Å². The smallest absolute Gasteiger partial charge is 0.267 e. The van der Waals surface area contributed by atoms with Gasteiger partial charge in [0.1, 0.15) is 11.4 Å². The van der Waals surface area contributed by atoms with Crippen LogP contribution in [0.3, 0.4) is 0 Å². The summed E-state index contributed by atoms with van der Waals surface area (Å²) in [4.78, 5) is 39.0. The number of amides is 1. The fourth-order valence-corrected chi connectivity index (χ4v) is 4.83. The quantitative estimate of drug-likeness (QED) is 0.261. The summed E-state index contributed by atoms with van der Waals surface area (Å²) in [6, 6.07) is 13.9. The summed E-state index contributed by atoms with van der Waals surface area (Å²) < 4.78 is 8.35. The number of benzene rings is 2. The number of hydrogen-bond acceptors (Lipinski definition) is 8. The molecule has 5 rings (SSSR count). The normalized spacial score (nSPS) is 14.4. The fourth-order valence-electron chi connectivity index (χ4n) is 4.83. The van der Waals surface area contributed by atoms with Gasteiger partial charge < -0.3 is 15.8 Å². The highest BCUT2D eigenvalue weighted by Crippen LogP contribution is 2.26. The fraction of sp³-hybridized carbons (Fsp3) is 0.258. The number of aliphatic imine (C=N–C) groups is 1. The number of rotatable bonds is 7. The molecule has 1 aliphatic rings. The Morgan fingerprint density at radius 3 is 2.71 bits per heavy atom. The number of nitrogen functional groups attached to an aromatic ring is 1. The van der Waals surface area contributed by atoms with Crippen LogP contribution < -0.4 is 16.6 Å². The number of anilines is 1. The topological polar surface area (TPSA) is 133 Å². The van der Waals surface area contributed by atoms with Crippen molar-refractivity contribution >= 4 is 34.7 Å². The Balaban J connectivity index is 1.56. The van der Waals surface area contributed by atoms with E-state index in [1.54, 1.807) is 20.0 Å². The Kier molecular flexibility index (Phi) is 8.57. The van der Waals surface area contributed by atoms with Crippen molar-refractivity contribution in [1.29, 1.82) is 0 Å². The van der Waals surface area contributed by atoms with Crippen LogP contribution in [0.15, 0.2) is 71.0 Å². The average molecular weight is 565 g/mol. The van der Waals surface area contributed by atoms with Crippen LogP contribution in [0.5, 0.6) is 0 Å². The molecule has 1 saturated heterocycles. The molecule has 1 unspecified atom stereocenters. The summed E-state index contributed by atoms with van der Waals surface area (Å²) in [7, 11) is 1.64. The van der Waals surface area contributed by atoms with E-state index in [0.29, 0.717) is 47.7 Å². The number of carbonyl (C=O) groups is 1. The van der Waals surface area contributed by atoms with Crippen molar-refractivity contribution in [2.45, 2.75) is 13.0 Å². The Labute approximate surface area is 243 Å². The number of aromatic nitrogens is 4. The third-order valence-electron chi connectivity index (χ3n) is 6.88. The number of ether oxygens (including phenoxy) is 1. The summed E-state index contributed by atoms with van der Waals surface area (Å²) in [5.41, 5.74) is 7.60. The zero-order chi connectivity index (χ0) is 29.6. The number of nitrogens with one attached hydrogen (secondary N) is 1. The molecule has 1 fully saturated rings. The maximum Gasteiger partial charge on any atom is 0.267 e. The molecule has 42 heavy (non-hydrogen) atoms. The Bertz CT molecular complexity index is 1770. The van der Waals surface area contributed by atoms with Crippen LogP contribution in [0.2, 0.25) is 0 Å². The van der Waals surface area contributed by atoms with Crippen molar-refractivity contribution < 1.29 is 9.53 Å². The van der Waals surface area contributed by atoms with Crippen LogP contribution in [0, 0.1) is 11.8 Å². The molecule has 3 heterocycles. The van der Waals surface area contributed by atoms with Gasteiger partial charge in [0.05, 0.1) is 42.4 Å². The Morgan fingerprint density at radius 1 is 1.21 bits per heavy atom. The minimum absolute atomic E-state index is 0.0330. The lowest BCUT2D eigenvalue weighted by Crippen LogP contribution is -2.36. The second-order valence-corrected chi connectivity index (χ2v) is 9.75. The molecule has 1 amide bonds. The zero-order valence-corrected chi connectivity index (χ0v) is 23.6. The van der Waals surface area contributed by atoms with E-state index in [2.05, 4.69) is 38.7 Å². The number of carbonyl (C=O) groups excluding carboxylic acids is 1. The summed E-state index contributed by atoms with van der Waals surface area (Å²) in [6.07, 6.45) is 2.95. The number of para-hydroxylation sites is 1. The van der Waals surface area contributed by atoms with Gasteiger partial charge in [0.15, 0.2) is 11.6 Å². The van der Waals surface area contributed by atoms with Gasteiger partial charge in [-0.25, -0.2) is 14.7 Å². The molecule has 1 aliphatic heterocycles. The van der Waals surface area contributed by atoms with E-state index in [-0.39, 0.29) is 22.8 Å². The molecular weight excluding hydrogens is 532 g/mol. The number of morpholine rings is 1. The number of allylic oxidation sites excluding steroid dienone is 1.